The molecule has 0 aliphatic rings. The van der Waals surface area contributed by atoms with Gasteiger partial charge < -0.3 is 9.47 Å². The molecule has 4 nitrogen and oxygen atoms in total. The molecule has 0 saturated heterocycles. The Kier molecular flexibility index (Phi) is 4.48. The highest BCUT2D eigenvalue weighted by atomic mass is 16.6. The monoisotopic (exact) mass is 250 g/mol. The maximum atomic E-state index is 11.6. The number of rotatable bonds is 3. The first kappa shape index (κ1) is 14.2. The fraction of sp³-hybridized carbons (Fsp3) is 0.429. The predicted octanol–water partition coefficient (Wildman–Crippen LogP) is 2.35. The Labute approximate surface area is 107 Å². The third kappa shape index (κ3) is 4.20. The summed E-state index contributed by atoms with van der Waals surface area (Å²) < 4.78 is 9.83. The lowest BCUT2D eigenvalue weighted by atomic mass is 9.97. The van der Waals surface area contributed by atoms with Gasteiger partial charge in [-0.3, -0.25) is 9.59 Å². The first-order valence-electron chi connectivity index (χ1n) is 5.71. The topological polar surface area (TPSA) is 52.6 Å². The molecule has 1 aromatic carbocycles. The van der Waals surface area contributed by atoms with Crippen LogP contribution in [0.3, 0.4) is 0 Å². The molecule has 0 aliphatic carbocycles. The van der Waals surface area contributed by atoms with Crippen LogP contribution in [0, 0.1) is 5.41 Å². The average Bonchev–Trinajstić information content (AvgIpc) is 2.27. The van der Waals surface area contributed by atoms with Gasteiger partial charge in [0.2, 0.25) is 0 Å². The summed E-state index contributed by atoms with van der Waals surface area (Å²) in [4.78, 5) is 23.1. The molecular formula is C14H18O4. The molecule has 0 aromatic heterocycles. The number of hydrogen-bond acceptors (Lipinski definition) is 4. The smallest absolute Gasteiger partial charge is 0.318 e. The minimum absolute atomic E-state index is 0.0546. The highest BCUT2D eigenvalue weighted by molar-refractivity contribution is 5.89. The van der Waals surface area contributed by atoms with E-state index in [-0.39, 0.29) is 6.42 Å². The second-order valence-electron chi connectivity index (χ2n) is 5.04. The Morgan fingerprint density at radius 2 is 1.89 bits per heavy atom. The van der Waals surface area contributed by atoms with E-state index in [1.54, 1.807) is 52.1 Å². The normalized spacial score (nSPS) is 10.9. The van der Waals surface area contributed by atoms with Crippen LogP contribution in [0.25, 0.3) is 0 Å². The van der Waals surface area contributed by atoms with Gasteiger partial charge >= 0.3 is 11.9 Å². The summed E-state index contributed by atoms with van der Waals surface area (Å²) in [6, 6.07) is 7.09. The van der Waals surface area contributed by atoms with Gasteiger partial charge in [-0.15, -0.1) is 0 Å². The van der Waals surface area contributed by atoms with E-state index in [1.807, 2.05) is 0 Å². The lowest BCUT2D eigenvalue weighted by Gasteiger charge is -2.15. The Balaban J connectivity index is 2.62. The standard InChI is InChI=1S/C14H18O4/c1-14(2,3)13(16)18-12(15)9-10-6-5-7-11(8-10)17-4/h5-8H,9H2,1-4H3. The maximum Gasteiger partial charge on any atom is 0.318 e. The van der Waals surface area contributed by atoms with Crippen molar-refractivity contribution in [1.82, 2.24) is 0 Å². The zero-order valence-electron chi connectivity index (χ0n) is 11.1. The van der Waals surface area contributed by atoms with Crippen molar-refractivity contribution in [3.05, 3.63) is 29.8 Å². The first-order valence-corrected chi connectivity index (χ1v) is 5.71. The van der Waals surface area contributed by atoms with Gasteiger partial charge in [-0.05, 0) is 38.5 Å². The predicted molar refractivity (Wildman–Crippen MR) is 67.3 cm³/mol. The van der Waals surface area contributed by atoms with Crippen LogP contribution in [0.15, 0.2) is 24.3 Å². The van der Waals surface area contributed by atoms with Gasteiger partial charge in [0.1, 0.15) is 5.75 Å². The molecule has 4 heteroatoms. The molecule has 0 bridgehead atoms. The number of ether oxygens (including phenoxy) is 2. The molecule has 98 valence electrons. The van der Waals surface area contributed by atoms with Gasteiger partial charge in [-0.2, -0.15) is 0 Å². The van der Waals surface area contributed by atoms with Gasteiger partial charge in [0.15, 0.2) is 0 Å². The third-order valence-corrected chi connectivity index (χ3v) is 2.30. The average molecular weight is 250 g/mol. The number of hydrogen-bond donors (Lipinski definition) is 0. The van der Waals surface area contributed by atoms with Crippen LogP contribution in [0.4, 0.5) is 0 Å². The van der Waals surface area contributed by atoms with Crippen LogP contribution < -0.4 is 4.74 Å². The van der Waals surface area contributed by atoms with E-state index >= 15 is 0 Å². The summed E-state index contributed by atoms with van der Waals surface area (Å²) in [6.45, 7) is 5.11. The summed E-state index contributed by atoms with van der Waals surface area (Å²) in [5, 5.41) is 0. The molecule has 1 rings (SSSR count). The van der Waals surface area contributed by atoms with Crippen LogP contribution in [-0.4, -0.2) is 19.0 Å². The number of esters is 2. The Bertz CT molecular complexity index is 443. The lowest BCUT2D eigenvalue weighted by Crippen LogP contribution is -2.26. The molecular weight excluding hydrogens is 232 g/mol. The molecule has 0 spiro atoms. The van der Waals surface area contributed by atoms with Gasteiger partial charge in [0, 0.05) is 0 Å². The lowest BCUT2D eigenvalue weighted by molar-refractivity contribution is -0.165. The van der Waals surface area contributed by atoms with E-state index in [9.17, 15) is 9.59 Å². The van der Waals surface area contributed by atoms with Gasteiger partial charge in [0.05, 0.1) is 18.9 Å². The minimum Gasteiger partial charge on any atom is -0.497 e. The molecule has 0 aliphatic heterocycles. The van der Waals surface area contributed by atoms with Crippen LogP contribution >= 0.6 is 0 Å². The molecule has 18 heavy (non-hydrogen) atoms. The quantitative estimate of drug-likeness (QED) is 0.610. The van der Waals surface area contributed by atoms with Crippen LogP contribution in [0.2, 0.25) is 0 Å². The minimum atomic E-state index is -0.677. The molecule has 0 fully saturated rings. The first-order chi connectivity index (χ1) is 8.32. The van der Waals surface area contributed by atoms with E-state index in [2.05, 4.69) is 0 Å². The van der Waals surface area contributed by atoms with Gasteiger partial charge in [0.25, 0.3) is 0 Å². The summed E-state index contributed by atoms with van der Waals surface area (Å²) in [7, 11) is 1.56. The van der Waals surface area contributed by atoms with Crippen molar-refractivity contribution in [2.24, 2.45) is 5.41 Å². The Morgan fingerprint density at radius 3 is 2.44 bits per heavy atom. The molecule has 0 atom stereocenters. The van der Waals surface area contributed by atoms with Crippen molar-refractivity contribution >= 4 is 11.9 Å². The van der Waals surface area contributed by atoms with Gasteiger partial charge in [-0.1, -0.05) is 12.1 Å². The fourth-order valence-corrected chi connectivity index (χ4v) is 1.24. The molecule has 0 N–H and O–H groups in total. The van der Waals surface area contributed by atoms with Crippen molar-refractivity contribution in [2.75, 3.05) is 7.11 Å². The van der Waals surface area contributed by atoms with E-state index in [0.717, 1.165) is 5.56 Å². The second kappa shape index (κ2) is 5.67. The molecule has 0 amide bonds. The molecule has 0 radical (unpaired) electrons. The zero-order chi connectivity index (χ0) is 13.8. The van der Waals surface area contributed by atoms with Crippen molar-refractivity contribution in [2.45, 2.75) is 27.2 Å². The third-order valence-electron chi connectivity index (χ3n) is 2.30. The van der Waals surface area contributed by atoms with Crippen molar-refractivity contribution in [1.29, 1.82) is 0 Å². The van der Waals surface area contributed by atoms with Crippen LogP contribution in [-0.2, 0) is 20.7 Å². The molecule has 0 unspecified atom stereocenters. The highest BCUT2D eigenvalue weighted by Crippen LogP contribution is 2.17. The summed E-state index contributed by atoms with van der Waals surface area (Å²) in [6.07, 6.45) is 0.0546. The summed E-state index contributed by atoms with van der Waals surface area (Å²) >= 11 is 0. The van der Waals surface area contributed by atoms with E-state index in [1.165, 1.54) is 0 Å². The van der Waals surface area contributed by atoms with Gasteiger partial charge in [-0.25, -0.2) is 0 Å². The maximum absolute atomic E-state index is 11.6. The highest BCUT2D eigenvalue weighted by Gasteiger charge is 2.25. The summed E-state index contributed by atoms with van der Waals surface area (Å²) in [5.41, 5.74) is 0.0744. The van der Waals surface area contributed by atoms with Crippen LogP contribution in [0.1, 0.15) is 26.3 Å². The number of carbonyl (C=O) groups excluding carboxylic acids is 2. The Hall–Kier alpha value is -1.84. The molecule has 0 saturated carbocycles. The zero-order valence-corrected chi connectivity index (χ0v) is 11.1. The Morgan fingerprint density at radius 1 is 1.22 bits per heavy atom. The van der Waals surface area contributed by atoms with Crippen molar-refractivity contribution in [3.8, 4) is 5.75 Å². The number of benzene rings is 1. The fourth-order valence-electron chi connectivity index (χ4n) is 1.24. The number of carbonyl (C=O) groups is 2. The largest absolute Gasteiger partial charge is 0.497 e. The van der Waals surface area contributed by atoms with Crippen molar-refractivity contribution < 1.29 is 19.1 Å². The summed E-state index contributed by atoms with van der Waals surface area (Å²) in [5.74, 6) is -0.402. The van der Waals surface area contributed by atoms with E-state index in [4.69, 9.17) is 9.47 Å². The second-order valence-corrected chi connectivity index (χ2v) is 5.04. The van der Waals surface area contributed by atoms with Crippen molar-refractivity contribution in [3.63, 3.8) is 0 Å². The number of methoxy groups -OCH3 is 1. The van der Waals surface area contributed by atoms with E-state index < -0.39 is 17.4 Å². The van der Waals surface area contributed by atoms with Crippen LogP contribution in [0.5, 0.6) is 5.75 Å². The van der Waals surface area contributed by atoms with E-state index in [0.29, 0.717) is 5.75 Å². The molecule has 1 aromatic rings. The SMILES string of the molecule is COc1cccc(CC(=O)OC(=O)C(C)(C)C)c1. The molecule has 0 heterocycles.